The van der Waals surface area contributed by atoms with E-state index in [0.29, 0.717) is 17.7 Å². The first-order valence-electron chi connectivity index (χ1n) is 6.52. The van der Waals surface area contributed by atoms with Crippen LogP contribution in [-0.4, -0.2) is 0 Å². The van der Waals surface area contributed by atoms with Crippen molar-refractivity contribution in [2.24, 2.45) is 5.73 Å². The van der Waals surface area contributed by atoms with Crippen LogP contribution >= 0.6 is 0 Å². The molecule has 1 aliphatic heterocycles. The molecule has 4 heteroatoms. The standard InChI is InChI=1S/C16H15F2NO/c1-9-2-5-15-12(6-9)14(19)8-16(20-15)11-4-3-10(17)7-13(11)18/h2-7,14,16H,8,19H2,1H3/t14-,16?/m0/s1. The molecule has 20 heavy (non-hydrogen) atoms. The minimum absolute atomic E-state index is 0.215. The maximum absolute atomic E-state index is 13.8. The van der Waals surface area contributed by atoms with Crippen molar-refractivity contribution >= 4 is 0 Å². The van der Waals surface area contributed by atoms with Gasteiger partial charge >= 0.3 is 0 Å². The van der Waals surface area contributed by atoms with Crippen LogP contribution in [0.25, 0.3) is 0 Å². The highest BCUT2D eigenvalue weighted by molar-refractivity contribution is 5.41. The molecule has 0 fully saturated rings. The Hall–Kier alpha value is -1.94. The van der Waals surface area contributed by atoms with Crippen LogP contribution in [0.3, 0.4) is 0 Å². The van der Waals surface area contributed by atoms with Crippen molar-refractivity contribution in [2.45, 2.75) is 25.5 Å². The summed E-state index contributed by atoms with van der Waals surface area (Å²) in [4.78, 5) is 0. The Labute approximate surface area is 116 Å². The molecule has 2 aromatic carbocycles. The molecular formula is C16H15F2NO. The Balaban J connectivity index is 1.97. The van der Waals surface area contributed by atoms with E-state index in [9.17, 15) is 8.78 Å². The van der Waals surface area contributed by atoms with Crippen LogP contribution in [0.1, 0.15) is 35.3 Å². The molecule has 104 valence electrons. The van der Waals surface area contributed by atoms with Crippen LogP contribution in [0.15, 0.2) is 36.4 Å². The summed E-state index contributed by atoms with van der Waals surface area (Å²) in [5, 5.41) is 0. The molecule has 0 saturated carbocycles. The molecule has 2 aromatic rings. The fourth-order valence-corrected chi connectivity index (χ4v) is 2.58. The molecule has 2 N–H and O–H groups in total. The molecular weight excluding hydrogens is 260 g/mol. The molecule has 0 aliphatic carbocycles. The molecule has 0 spiro atoms. The molecule has 0 radical (unpaired) electrons. The van der Waals surface area contributed by atoms with Crippen molar-refractivity contribution < 1.29 is 13.5 Å². The molecule has 0 amide bonds. The van der Waals surface area contributed by atoms with E-state index in [-0.39, 0.29) is 6.04 Å². The predicted octanol–water partition coefficient (Wildman–Crippen LogP) is 3.80. The van der Waals surface area contributed by atoms with Gasteiger partial charge in [0.2, 0.25) is 0 Å². The molecule has 2 nitrogen and oxygen atoms in total. The number of nitrogens with two attached hydrogens (primary N) is 1. The first-order chi connectivity index (χ1) is 9.54. The van der Waals surface area contributed by atoms with Crippen LogP contribution in [-0.2, 0) is 0 Å². The fourth-order valence-electron chi connectivity index (χ4n) is 2.58. The summed E-state index contributed by atoms with van der Waals surface area (Å²) in [6.07, 6.45) is -0.0141. The predicted molar refractivity (Wildman–Crippen MR) is 72.5 cm³/mol. The number of hydrogen-bond acceptors (Lipinski definition) is 2. The minimum Gasteiger partial charge on any atom is -0.485 e. The Morgan fingerprint density at radius 3 is 2.65 bits per heavy atom. The van der Waals surface area contributed by atoms with Gasteiger partial charge in [-0.1, -0.05) is 17.7 Å². The van der Waals surface area contributed by atoms with Gasteiger partial charge in [-0.2, -0.15) is 0 Å². The fraction of sp³-hybridized carbons (Fsp3) is 0.250. The average Bonchev–Trinajstić information content (AvgIpc) is 2.39. The lowest BCUT2D eigenvalue weighted by molar-refractivity contribution is 0.157. The van der Waals surface area contributed by atoms with Gasteiger partial charge in [-0.3, -0.25) is 0 Å². The topological polar surface area (TPSA) is 35.2 Å². The normalized spacial score (nSPS) is 21.2. The second-order valence-corrected chi connectivity index (χ2v) is 5.16. The SMILES string of the molecule is Cc1ccc2c(c1)[C@@H](N)CC(c1ccc(F)cc1F)O2. The maximum atomic E-state index is 13.8. The monoisotopic (exact) mass is 275 g/mol. The summed E-state index contributed by atoms with van der Waals surface area (Å²) >= 11 is 0. The quantitative estimate of drug-likeness (QED) is 0.859. The van der Waals surface area contributed by atoms with Gasteiger partial charge in [0.25, 0.3) is 0 Å². The van der Waals surface area contributed by atoms with Crippen LogP contribution in [0, 0.1) is 18.6 Å². The third kappa shape index (κ3) is 2.27. The van der Waals surface area contributed by atoms with Gasteiger partial charge in [0.1, 0.15) is 23.5 Å². The number of aryl methyl sites for hydroxylation is 1. The van der Waals surface area contributed by atoms with Gasteiger partial charge in [-0.25, -0.2) is 8.78 Å². The molecule has 3 rings (SSSR count). The van der Waals surface area contributed by atoms with Crippen LogP contribution in [0.5, 0.6) is 5.75 Å². The Bertz CT molecular complexity index is 657. The third-order valence-electron chi connectivity index (χ3n) is 3.61. The first-order valence-corrected chi connectivity index (χ1v) is 6.52. The summed E-state index contributed by atoms with van der Waals surface area (Å²) in [5.41, 5.74) is 8.53. The third-order valence-corrected chi connectivity index (χ3v) is 3.61. The van der Waals surface area contributed by atoms with E-state index in [0.717, 1.165) is 17.2 Å². The van der Waals surface area contributed by atoms with Gasteiger partial charge < -0.3 is 10.5 Å². The zero-order valence-corrected chi connectivity index (χ0v) is 11.1. The highest BCUT2D eigenvalue weighted by Gasteiger charge is 2.28. The Morgan fingerprint density at radius 2 is 1.90 bits per heavy atom. The van der Waals surface area contributed by atoms with Crippen LogP contribution < -0.4 is 10.5 Å². The van der Waals surface area contributed by atoms with E-state index in [1.807, 2.05) is 25.1 Å². The van der Waals surface area contributed by atoms with Gasteiger partial charge in [0.05, 0.1) is 0 Å². The largest absolute Gasteiger partial charge is 0.485 e. The zero-order valence-electron chi connectivity index (χ0n) is 11.1. The minimum atomic E-state index is -0.599. The molecule has 1 aliphatic rings. The molecule has 0 aromatic heterocycles. The maximum Gasteiger partial charge on any atom is 0.133 e. The number of rotatable bonds is 1. The summed E-state index contributed by atoms with van der Waals surface area (Å²) in [6.45, 7) is 1.98. The van der Waals surface area contributed by atoms with E-state index in [2.05, 4.69) is 0 Å². The molecule has 2 atom stereocenters. The number of hydrogen-bond donors (Lipinski definition) is 1. The first kappa shape index (κ1) is 13.1. The zero-order chi connectivity index (χ0) is 14.3. The van der Waals surface area contributed by atoms with Gasteiger partial charge in [0.15, 0.2) is 0 Å². The van der Waals surface area contributed by atoms with Crippen molar-refractivity contribution in [1.82, 2.24) is 0 Å². The van der Waals surface area contributed by atoms with E-state index in [1.165, 1.54) is 12.1 Å². The Kier molecular flexibility index (Phi) is 3.18. The lowest BCUT2D eigenvalue weighted by Gasteiger charge is -2.31. The number of benzene rings is 2. The van der Waals surface area contributed by atoms with Crippen molar-refractivity contribution in [3.63, 3.8) is 0 Å². The second-order valence-electron chi connectivity index (χ2n) is 5.16. The number of fused-ring (bicyclic) bond motifs is 1. The van der Waals surface area contributed by atoms with Crippen molar-refractivity contribution in [3.05, 3.63) is 64.7 Å². The smallest absolute Gasteiger partial charge is 0.133 e. The lowest BCUT2D eigenvalue weighted by Crippen LogP contribution is -2.24. The van der Waals surface area contributed by atoms with E-state index < -0.39 is 17.7 Å². The van der Waals surface area contributed by atoms with Crippen LogP contribution in [0.4, 0.5) is 8.78 Å². The van der Waals surface area contributed by atoms with Crippen molar-refractivity contribution in [3.8, 4) is 5.75 Å². The highest BCUT2D eigenvalue weighted by atomic mass is 19.1. The van der Waals surface area contributed by atoms with Gasteiger partial charge in [-0.15, -0.1) is 0 Å². The van der Waals surface area contributed by atoms with E-state index in [4.69, 9.17) is 10.5 Å². The summed E-state index contributed by atoms with van der Waals surface area (Å²) in [7, 11) is 0. The molecule has 1 heterocycles. The van der Waals surface area contributed by atoms with E-state index in [1.54, 1.807) is 0 Å². The average molecular weight is 275 g/mol. The van der Waals surface area contributed by atoms with Crippen molar-refractivity contribution in [2.75, 3.05) is 0 Å². The summed E-state index contributed by atoms with van der Waals surface area (Å²) < 4.78 is 32.6. The second kappa shape index (κ2) is 4.87. The molecule has 0 bridgehead atoms. The van der Waals surface area contributed by atoms with Gasteiger partial charge in [-0.05, 0) is 25.1 Å². The van der Waals surface area contributed by atoms with Gasteiger partial charge in [0, 0.05) is 29.7 Å². The lowest BCUT2D eigenvalue weighted by atomic mass is 9.92. The molecule has 0 saturated heterocycles. The molecule has 1 unspecified atom stereocenters. The van der Waals surface area contributed by atoms with E-state index >= 15 is 0 Å². The number of halogens is 2. The number of ether oxygens (including phenoxy) is 1. The summed E-state index contributed by atoms with van der Waals surface area (Å²) in [6, 6.07) is 9.06. The summed E-state index contributed by atoms with van der Waals surface area (Å²) in [5.74, 6) is -0.525. The van der Waals surface area contributed by atoms with Crippen molar-refractivity contribution in [1.29, 1.82) is 0 Å². The van der Waals surface area contributed by atoms with Crippen LogP contribution in [0.2, 0.25) is 0 Å². The Morgan fingerprint density at radius 1 is 1.10 bits per heavy atom. The highest BCUT2D eigenvalue weighted by Crippen LogP contribution is 2.40.